The maximum Gasteiger partial charge on any atom is 0.225 e. The number of piperidine rings is 1. The van der Waals surface area contributed by atoms with Crippen LogP contribution < -0.4 is 0 Å². The lowest BCUT2D eigenvalue weighted by Crippen LogP contribution is -2.50. The van der Waals surface area contributed by atoms with E-state index in [2.05, 4.69) is 19.9 Å². The fourth-order valence-electron chi connectivity index (χ4n) is 3.38. The topological polar surface area (TPSA) is 49.8 Å². The molecule has 0 bridgehead atoms. The Bertz CT molecular complexity index is 383. The Kier molecular flexibility index (Phi) is 5.82. The van der Waals surface area contributed by atoms with Crippen LogP contribution in [0.5, 0.6) is 0 Å². The first-order valence-electron chi connectivity index (χ1n) is 8.17. The van der Waals surface area contributed by atoms with Gasteiger partial charge in [0, 0.05) is 37.6 Å². The number of carbonyl (C=O) groups excluding carboxylic acids is 1. The van der Waals surface area contributed by atoms with Crippen molar-refractivity contribution in [1.29, 1.82) is 0 Å². The van der Waals surface area contributed by atoms with Gasteiger partial charge in [0.25, 0.3) is 0 Å². The molecule has 120 valence electrons. The van der Waals surface area contributed by atoms with Crippen LogP contribution >= 0.6 is 0 Å². The lowest BCUT2D eigenvalue weighted by Gasteiger charge is -2.43. The van der Waals surface area contributed by atoms with Crippen molar-refractivity contribution in [2.75, 3.05) is 32.9 Å². The molecule has 0 aromatic carbocycles. The first-order valence-corrected chi connectivity index (χ1v) is 8.17. The quantitative estimate of drug-likeness (QED) is 0.810. The van der Waals surface area contributed by atoms with Crippen LogP contribution in [0.4, 0.5) is 0 Å². The number of allylic oxidation sites excluding steroid dienone is 2. The number of hydrogen-bond acceptors (Lipinski definition) is 3. The summed E-state index contributed by atoms with van der Waals surface area (Å²) in [6, 6.07) is 0. The molecule has 2 fully saturated rings. The molecule has 0 spiro atoms. The minimum absolute atomic E-state index is 0.122. The van der Waals surface area contributed by atoms with Gasteiger partial charge in [0.1, 0.15) is 0 Å². The third kappa shape index (κ3) is 4.30. The summed E-state index contributed by atoms with van der Waals surface area (Å²) in [4.78, 5) is 14.7. The average molecular weight is 295 g/mol. The van der Waals surface area contributed by atoms with E-state index < -0.39 is 0 Å². The highest BCUT2D eigenvalue weighted by molar-refractivity contribution is 5.79. The zero-order chi connectivity index (χ0) is 15.3. The Morgan fingerprint density at radius 1 is 1.38 bits per heavy atom. The molecule has 1 atom stereocenters. The van der Waals surface area contributed by atoms with Gasteiger partial charge in [0.05, 0.1) is 6.61 Å². The number of carbonyl (C=O) groups is 1. The maximum absolute atomic E-state index is 12.7. The van der Waals surface area contributed by atoms with Crippen LogP contribution in [0.3, 0.4) is 0 Å². The van der Waals surface area contributed by atoms with Crippen molar-refractivity contribution >= 4 is 5.91 Å². The normalized spacial score (nSPS) is 27.5. The summed E-state index contributed by atoms with van der Waals surface area (Å²) >= 11 is 0. The third-order valence-electron chi connectivity index (χ3n) is 4.82. The first kappa shape index (κ1) is 16.5. The number of hydrogen-bond donors (Lipinski definition) is 1. The Morgan fingerprint density at radius 2 is 2.10 bits per heavy atom. The number of aliphatic hydroxyl groups is 1. The Balaban J connectivity index is 2.00. The van der Waals surface area contributed by atoms with Crippen molar-refractivity contribution in [3.63, 3.8) is 0 Å². The van der Waals surface area contributed by atoms with E-state index in [1.807, 2.05) is 4.90 Å². The van der Waals surface area contributed by atoms with Crippen molar-refractivity contribution in [1.82, 2.24) is 4.90 Å². The van der Waals surface area contributed by atoms with E-state index in [0.29, 0.717) is 19.8 Å². The molecule has 1 amide bonds. The highest BCUT2D eigenvalue weighted by Gasteiger charge is 2.37. The second-order valence-electron chi connectivity index (χ2n) is 6.89. The van der Waals surface area contributed by atoms with Crippen molar-refractivity contribution in [3.05, 3.63) is 11.6 Å². The number of nitrogens with zero attached hydrogens (tertiary/aromatic N) is 1. The predicted octanol–water partition coefficient (Wildman–Crippen LogP) is 2.37. The van der Waals surface area contributed by atoms with Gasteiger partial charge in [-0.15, -0.1) is 0 Å². The van der Waals surface area contributed by atoms with Gasteiger partial charge < -0.3 is 14.7 Å². The molecule has 2 saturated heterocycles. The van der Waals surface area contributed by atoms with Gasteiger partial charge in [-0.3, -0.25) is 4.79 Å². The maximum atomic E-state index is 12.7. The second-order valence-corrected chi connectivity index (χ2v) is 6.89. The minimum atomic E-state index is -0.143. The summed E-state index contributed by atoms with van der Waals surface area (Å²) in [5.41, 5.74) is 1.13. The molecular formula is C17H29NO3. The van der Waals surface area contributed by atoms with E-state index in [4.69, 9.17) is 4.74 Å². The molecule has 4 nitrogen and oxygen atoms in total. The van der Waals surface area contributed by atoms with Crippen LogP contribution in [0.15, 0.2) is 11.6 Å². The van der Waals surface area contributed by atoms with Crippen LogP contribution in [-0.2, 0) is 9.53 Å². The molecule has 2 aliphatic rings. The van der Waals surface area contributed by atoms with E-state index in [1.54, 1.807) is 0 Å². The summed E-state index contributed by atoms with van der Waals surface area (Å²) in [6.45, 7) is 7.27. The molecule has 2 heterocycles. The van der Waals surface area contributed by atoms with E-state index in [9.17, 15) is 9.90 Å². The molecule has 0 aromatic rings. The second kappa shape index (κ2) is 7.41. The van der Waals surface area contributed by atoms with Crippen LogP contribution in [0.1, 0.15) is 46.0 Å². The number of amides is 1. The molecule has 2 aliphatic heterocycles. The molecule has 0 aliphatic carbocycles. The van der Waals surface area contributed by atoms with E-state index in [0.717, 1.165) is 38.6 Å². The minimum Gasteiger partial charge on any atom is -0.396 e. The summed E-state index contributed by atoms with van der Waals surface area (Å²) in [6.07, 6.45) is 6.74. The Labute approximate surface area is 128 Å². The lowest BCUT2D eigenvalue weighted by molar-refractivity contribution is -0.142. The van der Waals surface area contributed by atoms with Crippen molar-refractivity contribution in [2.45, 2.75) is 46.0 Å². The van der Waals surface area contributed by atoms with Gasteiger partial charge >= 0.3 is 0 Å². The summed E-state index contributed by atoms with van der Waals surface area (Å²) < 4.78 is 5.35. The molecule has 4 heteroatoms. The molecule has 21 heavy (non-hydrogen) atoms. The van der Waals surface area contributed by atoms with Crippen LogP contribution in [0.2, 0.25) is 0 Å². The molecule has 2 rings (SSSR count). The average Bonchev–Trinajstić information content (AvgIpc) is 2.53. The van der Waals surface area contributed by atoms with Crippen LogP contribution in [0, 0.1) is 11.3 Å². The van der Waals surface area contributed by atoms with E-state index in [1.165, 1.54) is 5.57 Å². The van der Waals surface area contributed by atoms with Crippen molar-refractivity contribution in [3.8, 4) is 0 Å². The fraction of sp³-hybridized carbons (Fsp3) is 0.824. The van der Waals surface area contributed by atoms with Crippen molar-refractivity contribution in [2.24, 2.45) is 11.3 Å². The Morgan fingerprint density at radius 3 is 2.71 bits per heavy atom. The molecule has 0 radical (unpaired) electrons. The molecule has 0 unspecified atom stereocenters. The van der Waals surface area contributed by atoms with Crippen LogP contribution in [0.25, 0.3) is 0 Å². The first-order chi connectivity index (χ1) is 10.1. The fourth-order valence-corrected chi connectivity index (χ4v) is 3.38. The van der Waals surface area contributed by atoms with Gasteiger partial charge in [-0.1, -0.05) is 11.6 Å². The summed E-state index contributed by atoms with van der Waals surface area (Å²) in [7, 11) is 0. The number of rotatable bonds is 4. The number of ether oxygens (including phenoxy) is 1. The van der Waals surface area contributed by atoms with Crippen molar-refractivity contribution < 1.29 is 14.6 Å². The predicted molar refractivity (Wildman–Crippen MR) is 82.9 cm³/mol. The van der Waals surface area contributed by atoms with Gasteiger partial charge in [-0.05, 0) is 46.0 Å². The highest BCUT2D eigenvalue weighted by Crippen LogP contribution is 2.35. The monoisotopic (exact) mass is 295 g/mol. The number of likely N-dealkylation sites (tertiary alicyclic amines) is 1. The number of aliphatic hydroxyl groups excluding tert-OH is 1. The van der Waals surface area contributed by atoms with Gasteiger partial charge in [0.15, 0.2) is 0 Å². The summed E-state index contributed by atoms with van der Waals surface area (Å²) in [5.74, 6) is 0.393. The molecule has 1 N–H and O–H groups in total. The van der Waals surface area contributed by atoms with Crippen LogP contribution in [-0.4, -0.2) is 48.8 Å². The zero-order valence-corrected chi connectivity index (χ0v) is 13.4. The van der Waals surface area contributed by atoms with E-state index >= 15 is 0 Å². The third-order valence-corrected chi connectivity index (χ3v) is 4.82. The standard InChI is InChI=1S/C17H29NO3/c1-14(2)4-8-17(13-19)7-3-9-18(12-17)16(20)15-5-10-21-11-6-15/h4,15,19H,3,5-13H2,1-2H3/t17-/m0/s1. The molecular weight excluding hydrogens is 266 g/mol. The van der Waals surface area contributed by atoms with E-state index in [-0.39, 0.29) is 23.8 Å². The lowest BCUT2D eigenvalue weighted by atomic mass is 9.77. The largest absolute Gasteiger partial charge is 0.396 e. The Hall–Kier alpha value is -0.870. The summed E-state index contributed by atoms with van der Waals surface area (Å²) in [5, 5.41) is 9.88. The zero-order valence-electron chi connectivity index (χ0n) is 13.4. The SMILES string of the molecule is CC(C)=CC[C@@]1(CO)CCCN(C(=O)C2CCOCC2)C1. The van der Waals surface area contributed by atoms with Gasteiger partial charge in [0.2, 0.25) is 5.91 Å². The van der Waals surface area contributed by atoms with Gasteiger partial charge in [-0.2, -0.15) is 0 Å². The molecule has 0 saturated carbocycles. The smallest absolute Gasteiger partial charge is 0.225 e. The van der Waals surface area contributed by atoms with Gasteiger partial charge in [-0.25, -0.2) is 0 Å². The molecule has 0 aromatic heterocycles. The highest BCUT2D eigenvalue weighted by atomic mass is 16.5.